The second-order valence-electron chi connectivity index (χ2n) is 5.00. The molecule has 0 fully saturated rings. The van der Waals surface area contributed by atoms with E-state index in [2.05, 4.69) is 37.0 Å². The maximum absolute atomic E-state index is 11.7. The van der Waals surface area contributed by atoms with Crippen LogP contribution in [0.1, 0.15) is 20.8 Å². The molecule has 0 aliphatic heterocycles. The van der Waals surface area contributed by atoms with Gasteiger partial charge in [0.25, 0.3) is 0 Å². The summed E-state index contributed by atoms with van der Waals surface area (Å²) >= 11 is 3.07. The maximum Gasteiger partial charge on any atom is 0.348 e. The second-order valence-corrected chi connectivity index (χ2v) is 7.20. The van der Waals surface area contributed by atoms with E-state index < -0.39 is 0 Å². The number of thiophene rings is 1. The first-order chi connectivity index (χ1) is 10.6. The summed E-state index contributed by atoms with van der Waals surface area (Å²) < 4.78 is 5.79. The zero-order valence-electron chi connectivity index (χ0n) is 12.5. The van der Waals surface area contributed by atoms with E-state index in [0.717, 1.165) is 15.0 Å². The van der Waals surface area contributed by atoms with Gasteiger partial charge in [0.15, 0.2) is 0 Å². The van der Waals surface area contributed by atoms with E-state index in [0.29, 0.717) is 4.88 Å². The Bertz CT molecular complexity index is 855. The van der Waals surface area contributed by atoms with E-state index in [4.69, 9.17) is 4.74 Å². The Morgan fingerprint density at radius 2 is 2.00 bits per heavy atom. The number of benzene rings is 1. The Morgan fingerprint density at radius 1 is 1.18 bits per heavy atom. The van der Waals surface area contributed by atoms with Gasteiger partial charge in [-0.15, -0.1) is 11.3 Å². The van der Waals surface area contributed by atoms with Crippen LogP contribution in [0.2, 0.25) is 0 Å². The molecule has 0 N–H and O–H groups in total. The number of methoxy groups -OCH3 is 1. The van der Waals surface area contributed by atoms with Crippen LogP contribution in [-0.2, 0) is 4.74 Å². The SMILES string of the molecule is COC(=O)c1cc2c(Sc3ccc(C)c(C)c3)cncc2s1. The van der Waals surface area contributed by atoms with Crippen LogP contribution in [0, 0.1) is 13.8 Å². The molecular weight excluding hydrogens is 314 g/mol. The van der Waals surface area contributed by atoms with Gasteiger partial charge in [-0.25, -0.2) is 4.79 Å². The summed E-state index contributed by atoms with van der Waals surface area (Å²) in [5.41, 5.74) is 2.55. The normalized spacial score (nSPS) is 10.9. The van der Waals surface area contributed by atoms with Gasteiger partial charge in [-0.1, -0.05) is 17.8 Å². The molecule has 1 aromatic carbocycles. The molecule has 112 valence electrons. The lowest BCUT2D eigenvalue weighted by Gasteiger charge is -2.05. The summed E-state index contributed by atoms with van der Waals surface area (Å²) in [6, 6.07) is 8.29. The van der Waals surface area contributed by atoms with Gasteiger partial charge in [0.2, 0.25) is 0 Å². The van der Waals surface area contributed by atoms with Crippen molar-refractivity contribution in [1.29, 1.82) is 0 Å². The number of carbonyl (C=O) groups excluding carboxylic acids is 1. The van der Waals surface area contributed by atoms with E-state index in [9.17, 15) is 4.79 Å². The van der Waals surface area contributed by atoms with Crippen molar-refractivity contribution in [2.45, 2.75) is 23.6 Å². The highest BCUT2D eigenvalue weighted by Crippen LogP contribution is 2.37. The van der Waals surface area contributed by atoms with Gasteiger partial charge in [-0.2, -0.15) is 0 Å². The third-order valence-electron chi connectivity index (χ3n) is 3.50. The number of esters is 1. The van der Waals surface area contributed by atoms with Crippen molar-refractivity contribution in [3.05, 3.63) is 52.7 Å². The fourth-order valence-corrected chi connectivity index (χ4v) is 4.18. The van der Waals surface area contributed by atoms with Crippen molar-refractivity contribution in [2.75, 3.05) is 7.11 Å². The number of fused-ring (bicyclic) bond motifs is 1. The molecule has 0 aliphatic rings. The molecule has 0 amide bonds. The van der Waals surface area contributed by atoms with E-state index in [1.807, 2.05) is 12.3 Å². The van der Waals surface area contributed by atoms with Gasteiger partial charge in [-0.05, 0) is 43.2 Å². The van der Waals surface area contributed by atoms with Gasteiger partial charge in [0, 0.05) is 27.6 Å². The first-order valence-corrected chi connectivity index (χ1v) is 8.43. The predicted octanol–water partition coefficient (Wildman–Crippen LogP) is 4.85. The van der Waals surface area contributed by atoms with Crippen LogP contribution >= 0.6 is 23.1 Å². The first-order valence-electron chi connectivity index (χ1n) is 6.79. The molecule has 0 bridgehead atoms. The number of aromatic nitrogens is 1. The monoisotopic (exact) mass is 329 g/mol. The number of rotatable bonds is 3. The van der Waals surface area contributed by atoms with Gasteiger partial charge in [0.05, 0.1) is 11.8 Å². The number of ether oxygens (including phenoxy) is 1. The van der Waals surface area contributed by atoms with E-state index >= 15 is 0 Å². The smallest absolute Gasteiger partial charge is 0.348 e. The highest BCUT2D eigenvalue weighted by molar-refractivity contribution is 7.99. The summed E-state index contributed by atoms with van der Waals surface area (Å²) in [5.74, 6) is -0.302. The van der Waals surface area contributed by atoms with Gasteiger partial charge >= 0.3 is 5.97 Å². The Balaban J connectivity index is 2.01. The average molecular weight is 329 g/mol. The second kappa shape index (κ2) is 6.10. The third-order valence-corrected chi connectivity index (χ3v) is 5.59. The third kappa shape index (κ3) is 2.87. The lowest BCUT2D eigenvalue weighted by Crippen LogP contribution is -1.96. The number of hydrogen-bond donors (Lipinski definition) is 0. The largest absolute Gasteiger partial charge is 0.465 e. The molecule has 3 rings (SSSR count). The van der Waals surface area contributed by atoms with E-state index in [-0.39, 0.29) is 5.97 Å². The maximum atomic E-state index is 11.7. The van der Waals surface area contributed by atoms with Crippen LogP contribution in [0.5, 0.6) is 0 Å². The summed E-state index contributed by atoms with van der Waals surface area (Å²) in [4.78, 5) is 18.8. The Labute approximate surface area is 137 Å². The lowest BCUT2D eigenvalue weighted by molar-refractivity contribution is 0.0606. The fourth-order valence-electron chi connectivity index (χ4n) is 2.12. The number of carbonyl (C=O) groups is 1. The molecule has 5 heteroatoms. The molecule has 3 nitrogen and oxygen atoms in total. The van der Waals surface area contributed by atoms with Crippen LogP contribution in [-0.4, -0.2) is 18.1 Å². The summed E-state index contributed by atoms with van der Waals surface area (Å²) in [5, 5.41) is 1.05. The van der Waals surface area contributed by atoms with E-state index in [1.165, 1.54) is 34.5 Å². The van der Waals surface area contributed by atoms with Crippen molar-refractivity contribution in [3.8, 4) is 0 Å². The predicted molar refractivity (Wildman–Crippen MR) is 91.0 cm³/mol. The Kier molecular flexibility index (Phi) is 4.18. The van der Waals surface area contributed by atoms with E-state index in [1.54, 1.807) is 18.0 Å². The lowest BCUT2D eigenvalue weighted by atomic mass is 10.1. The summed E-state index contributed by atoms with van der Waals surface area (Å²) in [6.45, 7) is 4.21. The summed E-state index contributed by atoms with van der Waals surface area (Å²) in [6.07, 6.45) is 3.63. The zero-order chi connectivity index (χ0) is 15.7. The average Bonchev–Trinajstić information content (AvgIpc) is 2.95. The standard InChI is InChI=1S/C17H15NO2S2/c1-10-4-5-12(6-11(10)2)21-15-8-18-9-16-13(15)7-14(22-16)17(19)20-3/h4-9H,1-3H3. The number of hydrogen-bond acceptors (Lipinski definition) is 5. The minimum Gasteiger partial charge on any atom is -0.465 e. The number of aryl methyl sites for hydroxylation is 2. The summed E-state index contributed by atoms with van der Waals surface area (Å²) in [7, 11) is 1.40. The Morgan fingerprint density at radius 3 is 2.73 bits per heavy atom. The van der Waals surface area contributed by atoms with Crippen molar-refractivity contribution in [1.82, 2.24) is 4.98 Å². The van der Waals surface area contributed by atoms with Crippen molar-refractivity contribution in [3.63, 3.8) is 0 Å². The Hall–Kier alpha value is -1.85. The van der Waals surface area contributed by atoms with Crippen LogP contribution < -0.4 is 0 Å². The van der Waals surface area contributed by atoms with Crippen LogP contribution in [0.4, 0.5) is 0 Å². The van der Waals surface area contributed by atoms with Crippen LogP contribution in [0.15, 0.2) is 46.5 Å². The molecule has 0 saturated carbocycles. The zero-order valence-corrected chi connectivity index (χ0v) is 14.2. The molecule has 0 saturated heterocycles. The van der Waals surface area contributed by atoms with Gasteiger partial charge in [-0.3, -0.25) is 4.98 Å². The molecule has 2 aromatic heterocycles. The molecule has 22 heavy (non-hydrogen) atoms. The minimum atomic E-state index is -0.302. The topological polar surface area (TPSA) is 39.2 Å². The fraction of sp³-hybridized carbons (Fsp3) is 0.176. The molecule has 3 aromatic rings. The molecule has 0 spiro atoms. The highest BCUT2D eigenvalue weighted by atomic mass is 32.2. The molecule has 0 atom stereocenters. The van der Waals surface area contributed by atoms with Crippen molar-refractivity contribution in [2.24, 2.45) is 0 Å². The highest BCUT2D eigenvalue weighted by Gasteiger charge is 2.13. The quantitative estimate of drug-likeness (QED) is 0.644. The van der Waals surface area contributed by atoms with Gasteiger partial charge < -0.3 is 4.74 Å². The minimum absolute atomic E-state index is 0.302. The molecule has 2 heterocycles. The molecule has 0 radical (unpaired) electrons. The van der Waals surface area contributed by atoms with Gasteiger partial charge in [0.1, 0.15) is 4.88 Å². The molecular formula is C17H15NO2S2. The number of nitrogens with zero attached hydrogens (tertiary/aromatic N) is 1. The van der Waals surface area contributed by atoms with Crippen molar-refractivity contribution >= 4 is 39.2 Å². The first kappa shape index (κ1) is 15.1. The molecule has 0 unspecified atom stereocenters. The van der Waals surface area contributed by atoms with Crippen LogP contribution in [0.25, 0.3) is 10.1 Å². The van der Waals surface area contributed by atoms with Crippen LogP contribution in [0.3, 0.4) is 0 Å². The number of pyridine rings is 1. The molecule has 0 aliphatic carbocycles. The van der Waals surface area contributed by atoms with Crippen molar-refractivity contribution < 1.29 is 9.53 Å².